The molecule has 2 rings (SSSR count). The summed E-state index contributed by atoms with van der Waals surface area (Å²) in [4.78, 5) is 0. The van der Waals surface area contributed by atoms with Crippen molar-refractivity contribution >= 4 is 11.6 Å². The van der Waals surface area contributed by atoms with Crippen molar-refractivity contribution in [1.82, 2.24) is 5.32 Å². The van der Waals surface area contributed by atoms with Crippen molar-refractivity contribution in [2.45, 2.75) is 19.9 Å². The van der Waals surface area contributed by atoms with Gasteiger partial charge in [-0.2, -0.15) is 0 Å². The van der Waals surface area contributed by atoms with Crippen LogP contribution in [0.5, 0.6) is 11.5 Å². The molecule has 18 heavy (non-hydrogen) atoms. The van der Waals surface area contributed by atoms with E-state index in [2.05, 4.69) is 18.3 Å². The van der Waals surface area contributed by atoms with Gasteiger partial charge in [-0.3, -0.25) is 0 Å². The second kappa shape index (κ2) is 6.12. The Hall–Kier alpha value is -1.19. The van der Waals surface area contributed by atoms with Gasteiger partial charge < -0.3 is 14.8 Å². The third-order valence-electron chi connectivity index (χ3n) is 2.87. The lowest BCUT2D eigenvalue weighted by Crippen LogP contribution is -2.21. The molecule has 3 nitrogen and oxygen atoms in total. The number of benzene rings is 1. The fourth-order valence-electron chi connectivity index (χ4n) is 1.92. The Kier molecular flexibility index (Phi) is 4.50. The van der Waals surface area contributed by atoms with Crippen LogP contribution < -0.4 is 14.8 Å². The zero-order valence-electron chi connectivity index (χ0n) is 10.7. The second-order valence-electron chi connectivity index (χ2n) is 4.37. The van der Waals surface area contributed by atoms with Crippen molar-refractivity contribution in [2.24, 2.45) is 0 Å². The molecule has 0 saturated heterocycles. The molecule has 1 aromatic rings. The zero-order valence-corrected chi connectivity index (χ0v) is 11.5. The Morgan fingerprint density at radius 1 is 1.61 bits per heavy atom. The molecule has 0 spiro atoms. The number of hydrogen-bond donors (Lipinski definition) is 1. The average molecular weight is 268 g/mol. The number of ether oxygens (including phenoxy) is 2. The van der Waals surface area contributed by atoms with Crippen LogP contribution in [0.1, 0.15) is 25.5 Å². The maximum absolute atomic E-state index is 5.65. The fraction of sp³-hybridized carbons (Fsp3) is 0.429. The summed E-state index contributed by atoms with van der Waals surface area (Å²) in [5.74, 6) is 1.72. The normalized spacial score (nSPS) is 18.4. The third-order valence-corrected chi connectivity index (χ3v) is 3.24. The van der Waals surface area contributed by atoms with Gasteiger partial charge in [-0.1, -0.05) is 18.5 Å². The monoisotopic (exact) mass is 267 g/mol. The van der Waals surface area contributed by atoms with Crippen molar-refractivity contribution in [2.75, 3.05) is 19.8 Å². The Bertz CT molecular complexity index is 445. The Morgan fingerprint density at radius 3 is 3.17 bits per heavy atom. The smallest absolute Gasteiger partial charge is 0.128 e. The van der Waals surface area contributed by atoms with Crippen LogP contribution in [-0.2, 0) is 0 Å². The van der Waals surface area contributed by atoms with E-state index in [1.165, 1.54) is 11.1 Å². The minimum absolute atomic E-state index is 0.295. The van der Waals surface area contributed by atoms with Gasteiger partial charge in [0.25, 0.3) is 0 Å². The Labute approximate surface area is 113 Å². The van der Waals surface area contributed by atoms with Crippen molar-refractivity contribution in [3.8, 4) is 11.5 Å². The first kappa shape index (κ1) is 13.2. The zero-order chi connectivity index (χ0) is 13.0. The van der Waals surface area contributed by atoms with Crippen molar-refractivity contribution in [3.05, 3.63) is 34.9 Å². The first-order chi connectivity index (χ1) is 8.74. The molecule has 0 amide bonds. The van der Waals surface area contributed by atoms with Gasteiger partial charge in [-0.15, -0.1) is 0 Å². The summed E-state index contributed by atoms with van der Waals surface area (Å²) in [6, 6.07) is 6.27. The molecule has 1 aliphatic rings. The highest BCUT2D eigenvalue weighted by Gasteiger charge is 2.23. The van der Waals surface area contributed by atoms with Crippen LogP contribution in [0.25, 0.3) is 0 Å². The van der Waals surface area contributed by atoms with Crippen LogP contribution in [0.15, 0.2) is 29.3 Å². The molecule has 1 aliphatic heterocycles. The lowest BCUT2D eigenvalue weighted by molar-refractivity contribution is 0.310. The Morgan fingerprint density at radius 2 is 2.44 bits per heavy atom. The fourth-order valence-corrected chi connectivity index (χ4v) is 1.99. The first-order valence-corrected chi connectivity index (χ1v) is 6.57. The van der Waals surface area contributed by atoms with Gasteiger partial charge in [0.1, 0.15) is 24.7 Å². The molecule has 1 aromatic carbocycles. The number of nitrogens with one attached hydrogen (secondary N) is 1. The molecule has 0 bridgehead atoms. The highest BCUT2D eigenvalue weighted by atomic mass is 35.5. The van der Waals surface area contributed by atoms with Crippen LogP contribution >= 0.6 is 11.6 Å². The van der Waals surface area contributed by atoms with Crippen molar-refractivity contribution in [3.63, 3.8) is 0 Å². The van der Waals surface area contributed by atoms with E-state index in [0.29, 0.717) is 19.3 Å². The van der Waals surface area contributed by atoms with Crippen LogP contribution in [0, 0.1) is 0 Å². The van der Waals surface area contributed by atoms with Gasteiger partial charge in [0, 0.05) is 17.2 Å². The van der Waals surface area contributed by atoms with Crippen LogP contribution in [0.3, 0.4) is 0 Å². The lowest BCUT2D eigenvalue weighted by atomic mass is 10.1. The average Bonchev–Trinajstić information content (AvgIpc) is 2.79. The molecular formula is C14H18ClNO2. The molecule has 4 heteroatoms. The third kappa shape index (κ3) is 2.98. The SMILES string of the molecule is CCNC1COc2cc(OC/C(C)=C/Cl)ccc21. The molecule has 0 aliphatic carbocycles. The van der Waals surface area contributed by atoms with Crippen LogP contribution in [-0.4, -0.2) is 19.8 Å². The van der Waals surface area contributed by atoms with Crippen LogP contribution in [0.2, 0.25) is 0 Å². The first-order valence-electron chi connectivity index (χ1n) is 6.13. The maximum atomic E-state index is 5.65. The van der Waals surface area contributed by atoms with Gasteiger partial charge in [-0.05, 0) is 31.2 Å². The van der Waals surface area contributed by atoms with Crippen LogP contribution in [0.4, 0.5) is 0 Å². The molecule has 0 radical (unpaired) electrons. The molecule has 0 aromatic heterocycles. The molecular weight excluding hydrogens is 250 g/mol. The number of rotatable bonds is 5. The van der Waals surface area contributed by atoms with Gasteiger partial charge >= 0.3 is 0 Å². The van der Waals surface area contributed by atoms with E-state index in [4.69, 9.17) is 21.1 Å². The molecule has 1 heterocycles. The second-order valence-corrected chi connectivity index (χ2v) is 4.58. The minimum Gasteiger partial charge on any atom is -0.491 e. The summed E-state index contributed by atoms with van der Waals surface area (Å²) < 4.78 is 11.3. The molecule has 1 N–H and O–H groups in total. The summed E-state index contributed by atoms with van der Waals surface area (Å²) >= 11 is 5.59. The molecule has 1 atom stereocenters. The van der Waals surface area contributed by atoms with Gasteiger partial charge in [0.05, 0.1) is 6.04 Å². The largest absolute Gasteiger partial charge is 0.491 e. The van der Waals surface area contributed by atoms with E-state index in [1.807, 2.05) is 19.1 Å². The summed E-state index contributed by atoms with van der Waals surface area (Å²) in [6.07, 6.45) is 0. The highest BCUT2D eigenvalue weighted by Crippen LogP contribution is 2.35. The topological polar surface area (TPSA) is 30.5 Å². The van der Waals surface area contributed by atoms with Gasteiger partial charge in [0.15, 0.2) is 0 Å². The van der Waals surface area contributed by atoms with E-state index in [1.54, 1.807) is 0 Å². The van der Waals surface area contributed by atoms with E-state index in [9.17, 15) is 0 Å². The lowest BCUT2D eigenvalue weighted by Gasteiger charge is -2.10. The number of hydrogen-bond acceptors (Lipinski definition) is 3. The van der Waals surface area contributed by atoms with E-state index >= 15 is 0 Å². The van der Waals surface area contributed by atoms with E-state index in [0.717, 1.165) is 23.6 Å². The summed E-state index contributed by atoms with van der Waals surface area (Å²) in [6.45, 7) is 6.15. The highest BCUT2D eigenvalue weighted by molar-refractivity contribution is 6.25. The molecule has 0 saturated carbocycles. The van der Waals surface area contributed by atoms with E-state index < -0.39 is 0 Å². The molecule has 1 unspecified atom stereocenters. The standard InChI is InChI=1S/C14H18ClNO2/c1-3-16-13-9-18-14-6-11(4-5-12(13)14)17-8-10(2)7-15/h4-7,13,16H,3,8-9H2,1-2H3/b10-7+. The number of fused-ring (bicyclic) bond motifs is 1. The summed E-state index contributed by atoms with van der Waals surface area (Å²) in [5.41, 5.74) is 3.72. The van der Waals surface area contributed by atoms with E-state index in [-0.39, 0.29) is 0 Å². The molecule has 98 valence electrons. The predicted molar refractivity (Wildman–Crippen MR) is 73.5 cm³/mol. The van der Waals surface area contributed by atoms with Gasteiger partial charge in [-0.25, -0.2) is 0 Å². The minimum atomic E-state index is 0.295. The maximum Gasteiger partial charge on any atom is 0.128 e. The van der Waals surface area contributed by atoms with Gasteiger partial charge in [0.2, 0.25) is 0 Å². The van der Waals surface area contributed by atoms with Crippen molar-refractivity contribution in [1.29, 1.82) is 0 Å². The molecule has 0 fully saturated rings. The van der Waals surface area contributed by atoms with Crippen molar-refractivity contribution < 1.29 is 9.47 Å². The number of halogens is 1. The Balaban J connectivity index is 2.05. The predicted octanol–water partition coefficient (Wildman–Crippen LogP) is 3.25. The summed E-state index contributed by atoms with van der Waals surface area (Å²) in [5, 5.41) is 3.39. The number of likely N-dealkylation sites (N-methyl/N-ethyl adjacent to an activating group) is 1. The summed E-state index contributed by atoms with van der Waals surface area (Å²) in [7, 11) is 0. The quantitative estimate of drug-likeness (QED) is 0.888.